The number of aryl methyl sites for hydroxylation is 2. The fourth-order valence-corrected chi connectivity index (χ4v) is 3.68. The number of hydrogen-bond donors (Lipinski definition) is 1. The number of benzene rings is 2. The van der Waals surface area contributed by atoms with Gasteiger partial charge in [0.15, 0.2) is 5.82 Å². The van der Waals surface area contributed by atoms with Crippen LogP contribution in [0.1, 0.15) is 0 Å². The molecule has 0 spiro atoms. The zero-order valence-corrected chi connectivity index (χ0v) is 17.3. The Kier molecular flexibility index (Phi) is 4.39. The second-order valence-corrected chi connectivity index (χ2v) is 7.25. The fourth-order valence-electron chi connectivity index (χ4n) is 3.68. The van der Waals surface area contributed by atoms with Crippen LogP contribution >= 0.6 is 0 Å². The number of anilines is 2. The van der Waals surface area contributed by atoms with E-state index in [0.717, 1.165) is 33.2 Å². The highest BCUT2D eigenvalue weighted by Crippen LogP contribution is 2.30. The van der Waals surface area contributed by atoms with Crippen molar-refractivity contribution in [1.82, 2.24) is 24.1 Å². The number of imidazole rings is 1. The molecule has 2 aromatic carbocycles. The van der Waals surface area contributed by atoms with Gasteiger partial charge in [-0.2, -0.15) is 0 Å². The van der Waals surface area contributed by atoms with E-state index in [1.54, 1.807) is 42.7 Å². The lowest BCUT2D eigenvalue weighted by molar-refractivity contribution is 0.415. The van der Waals surface area contributed by atoms with Crippen molar-refractivity contribution >= 4 is 33.4 Å². The van der Waals surface area contributed by atoms with Gasteiger partial charge in [-0.1, -0.05) is 0 Å². The lowest BCUT2D eigenvalue weighted by Gasteiger charge is -2.12. The molecule has 0 amide bonds. The lowest BCUT2D eigenvalue weighted by Crippen LogP contribution is -2.19. The van der Waals surface area contributed by atoms with Crippen molar-refractivity contribution in [3.05, 3.63) is 71.4 Å². The first-order valence-electron chi connectivity index (χ1n) is 9.74. The predicted octanol–water partition coefficient (Wildman–Crippen LogP) is 3.63. The minimum absolute atomic E-state index is 0.0664. The zero-order chi connectivity index (χ0) is 21.5. The number of nitrogens with one attached hydrogen (secondary N) is 1. The van der Waals surface area contributed by atoms with Crippen LogP contribution in [-0.4, -0.2) is 31.2 Å². The SMILES string of the molecule is COc1ccc2nc(-c3cccnc3)nc(Nc3ccc4c(c3)n(C)c(=O)n4C)c2c1. The van der Waals surface area contributed by atoms with Gasteiger partial charge in [0.1, 0.15) is 11.6 Å². The molecule has 0 saturated carbocycles. The molecular weight excluding hydrogens is 392 g/mol. The molecule has 0 bridgehead atoms. The normalized spacial score (nSPS) is 11.2. The van der Waals surface area contributed by atoms with Crippen molar-refractivity contribution in [3.63, 3.8) is 0 Å². The number of aromatic nitrogens is 5. The van der Waals surface area contributed by atoms with E-state index in [1.165, 1.54) is 0 Å². The first-order valence-corrected chi connectivity index (χ1v) is 9.74. The van der Waals surface area contributed by atoms with Crippen LogP contribution in [0.5, 0.6) is 5.75 Å². The Balaban J connectivity index is 1.68. The number of pyridine rings is 1. The van der Waals surface area contributed by atoms with Gasteiger partial charge in [-0.25, -0.2) is 14.8 Å². The van der Waals surface area contributed by atoms with E-state index >= 15 is 0 Å². The van der Waals surface area contributed by atoms with Crippen molar-refractivity contribution in [2.45, 2.75) is 0 Å². The molecule has 8 heteroatoms. The van der Waals surface area contributed by atoms with Crippen LogP contribution in [0.2, 0.25) is 0 Å². The van der Waals surface area contributed by atoms with Crippen LogP contribution in [0, 0.1) is 0 Å². The number of rotatable bonds is 4. The van der Waals surface area contributed by atoms with Gasteiger partial charge in [0, 0.05) is 43.1 Å². The van der Waals surface area contributed by atoms with E-state index in [4.69, 9.17) is 14.7 Å². The highest BCUT2D eigenvalue weighted by atomic mass is 16.5. The van der Waals surface area contributed by atoms with Gasteiger partial charge in [-0.3, -0.25) is 14.1 Å². The maximum atomic E-state index is 12.3. The zero-order valence-electron chi connectivity index (χ0n) is 17.3. The van der Waals surface area contributed by atoms with Gasteiger partial charge >= 0.3 is 5.69 Å². The molecule has 0 radical (unpaired) electrons. The molecule has 0 unspecified atom stereocenters. The van der Waals surface area contributed by atoms with Gasteiger partial charge in [0.25, 0.3) is 0 Å². The number of nitrogens with zero attached hydrogens (tertiary/aromatic N) is 5. The largest absolute Gasteiger partial charge is 0.497 e. The van der Waals surface area contributed by atoms with Crippen molar-refractivity contribution in [2.75, 3.05) is 12.4 Å². The standard InChI is InChI=1S/C23H20N6O2/c1-28-19-9-6-15(11-20(19)29(2)23(28)30)25-22-17-12-16(31-3)7-8-18(17)26-21(27-22)14-5-4-10-24-13-14/h4-13H,1-3H3,(H,25,26,27). The summed E-state index contributed by atoms with van der Waals surface area (Å²) >= 11 is 0. The Morgan fingerprint density at radius 1 is 0.968 bits per heavy atom. The van der Waals surface area contributed by atoms with Crippen molar-refractivity contribution in [2.24, 2.45) is 14.1 Å². The van der Waals surface area contributed by atoms with E-state index in [-0.39, 0.29) is 5.69 Å². The smallest absolute Gasteiger partial charge is 0.328 e. The third-order valence-electron chi connectivity index (χ3n) is 5.36. The van der Waals surface area contributed by atoms with Gasteiger partial charge < -0.3 is 10.1 Å². The first-order chi connectivity index (χ1) is 15.0. The van der Waals surface area contributed by atoms with Gasteiger partial charge in [-0.05, 0) is 48.5 Å². The third-order valence-corrected chi connectivity index (χ3v) is 5.36. The summed E-state index contributed by atoms with van der Waals surface area (Å²) in [6.45, 7) is 0. The maximum Gasteiger partial charge on any atom is 0.328 e. The van der Waals surface area contributed by atoms with Crippen LogP contribution in [0.4, 0.5) is 11.5 Å². The molecule has 3 heterocycles. The van der Waals surface area contributed by atoms with E-state index in [1.807, 2.05) is 48.5 Å². The monoisotopic (exact) mass is 412 g/mol. The van der Waals surface area contributed by atoms with Crippen LogP contribution in [-0.2, 0) is 14.1 Å². The summed E-state index contributed by atoms with van der Waals surface area (Å²) in [6, 6.07) is 15.3. The Labute approximate surface area is 177 Å². The van der Waals surface area contributed by atoms with Crippen molar-refractivity contribution in [1.29, 1.82) is 0 Å². The second-order valence-electron chi connectivity index (χ2n) is 7.25. The molecule has 0 atom stereocenters. The van der Waals surface area contributed by atoms with E-state index in [9.17, 15) is 4.79 Å². The van der Waals surface area contributed by atoms with Crippen LogP contribution < -0.4 is 15.7 Å². The molecule has 31 heavy (non-hydrogen) atoms. The molecule has 0 saturated heterocycles. The van der Waals surface area contributed by atoms with Crippen molar-refractivity contribution < 1.29 is 4.74 Å². The van der Waals surface area contributed by atoms with Gasteiger partial charge in [0.05, 0.1) is 23.7 Å². The molecule has 0 fully saturated rings. The number of hydrogen-bond acceptors (Lipinski definition) is 6. The van der Waals surface area contributed by atoms with E-state index < -0.39 is 0 Å². The average Bonchev–Trinajstić information content (AvgIpc) is 3.03. The Morgan fingerprint density at radius 2 is 1.81 bits per heavy atom. The van der Waals surface area contributed by atoms with Gasteiger partial charge in [0.2, 0.25) is 0 Å². The molecule has 5 rings (SSSR count). The maximum absolute atomic E-state index is 12.3. The van der Waals surface area contributed by atoms with Crippen LogP contribution in [0.3, 0.4) is 0 Å². The molecule has 8 nitrogen and oxygen atoms in total. The summed E-state index contributed by atoms with van der Waals surface area (Å²) in [5.41, 5.74) is 4.05. The first kappa shape index (κ1) is 18.8. The summed E-state index contributed by atoms with van der Waals surface area (Å²) < 4.78 is 8.65. The molecule has 0 aliphatic heterocycles. The Morgan fingerprint density at radius 3 is 2.58 bits per heavy atom. The Bertz CT molecular complexity index is 1490. The minimum Gasteiger partial charge on any atom is -0.497 e. The molecule has 0 aliphatic rings. The van der Waals surface area contributed by atoms with Crippen LogP contribution in [0.15, 0.2) is 65.7 Å². The molecule has 3 aromatic heterocycles. The average molecular weight is 412 g/mol. The topological polar surface area (TPSA) is 86.9 Å². The van der Waals surface area contributed by atoms with Crippen LogP contribution in [0.25, 0.3) is 33.3 Å². The van der Waals surface area contributed by atoms with Crippen molar-refractivity contribution in [3.8, 4) is 17.1 Å². The third kappa shape index (κ3) is 3.18. The van der Waals surface area contributed by atoms with E-state index in [0.29, 0.717) is 17.4 Å². The quantitative estimate of drug-likeness (QED) is 0.485. The summed E-state index contributed by atoms with van der Waals surface area (Å²) in [5.74, 6) is 1.93. The molecule has 0 aliphatic carbocycles. The number of methoxy groups -OCH3 is 1. The Hall–Kier alpha value is -4.20. The summed E-state index contributed by atoms with van der Waals surface area (Å²) in [4.78, 5) is 25.9. The predicted molar refractivity (Wildman–Crippen MR) is 121 cm³/mol. The second kappa shape index (κ2) is 7.24. The molecule has 5 aromatic rings. The molecule has 154 valence electrons. The highest BCUT2D eigenvalue weighted by molar-refractivity contribution is 5.94. The number of fused-ring (bicyclic) bond motifs is 2. The highest BCUT2D eigenvalue weighted by Gasteiger charge is 2.13. The van der Waals surface area contributed by atoms with E-state index in [2.05, 4.69) is 10.3 Å². The summed E-state index contributed by atoms with van der Waals surface area (Å²) in [7, 11) is 5.16. The summed E-state index contributed by atoms with van der Waals surface area (Å²) in [6.07, 6.45) is 3.45. The molecule has 1 N–H and O–H groups in total. The number of ether oxygens (including phenoxy) is 1. The van der Waals surface area contributed by atoms with Gasteiger partial charge in [-0.15, -0.1) is 0 Å². The minimum atomic E-state index is -0.0664. The fraction of sp³-hybridized carbons (Fsp3) is 0.130. The molecular formula is C23H20N6O2. The summed E-state index contributed by atoms with van der Waals surface area (Å²) in [5, 5.41) is 4.23. The lowest BCUT2D eigenvalue weighted by atomic mass is 10.2.